The molecule has 1 aliphatic heterocycles. The summed E-state index contributed by atoms with van der Waals surface area (Å²) in [6.07, 6.45) is 2.47. The van der Waals surface area contributed by atoms with Crippen molar-refractivity contribution in [3.63, 3.8) is 0 Å². The molecule has 2 atom stereocenters. The van der Waals surface area contributed by atoms with Crippen LogP contribution in [-0.4, -0.2) is 55.4 Å². The average molecular weight is 440 g/mol. The fraction of sp³-hybridized carbons (Fsp3) is 0.375. The second-order valence-electron chi connectivity index (χ2n) is 7.90. The second-order valence-corrected chi connectivity index (χ2v) is 9.76. The molecule has 0 N–H and O–H groups in total. The van der Waals surface area contributed by atoms with Crippen LogP contribution in [0.15, 0.2) is 65.7 Å². The zero-order valence-corrected chi connectivity index (χ0v) is 19.0. The Kier molecular flexibility index (Phi) is 6.27. The number of rotatable bonds is 7. The molecule has 1 aromatic heterocycles. The Morgan fingerprint density at radius 3 is 2.65 bits per heavy atom. The first kappa shape index (κ1) is 21.7. The molecule has 0 amide bonds. The fourth-order valence-corrected chi connectivity index (χ4v) is 6.40. The molecule has 1 saturated heterocycles. The predicted molar refractivity (Wildman–Crippen MR) is 123 cm³/mol. The molecule has 0 aliphatic carbocycles. The molecule has 4 rings (SSSR count). The van der Waals surface area contributed by atoms with Gasteiger partial charge in [-0.05, 0) is 43.2 Å². The van der Waals surface area contributed by atoms with Gasteiger partial charge < -0.3 is 4.74 Å². The lowest BCUT2D eigenvalue weighted by Gasteiger charge is -2.29. The van der Waals surface area contributed by atoms with Gasteiger partial charge in [-0.2, -0.15) is 4.31 Å². The van der Waals surface area contributed by atoms with Gasteiger partial charge in [-0.25, -0.2) is 8.42 Å². The van der Waals surface area contributed by atoms with E-state index in [-0.39, 0.29) is 17.0 Å². The van der Waals surface area contributed by atoms with E-state index in [1.54, 1.807) is 41.9 Å². The number of likely N-dealkylation sites (N-methyl/N-ethyl adjacent to an activating group) is 1. The van der Waals surface area contributed by atoms with Crippen molar-refractivity contribution in [2.24, 2.45) is 0 Å². The van der Waals surface area contributed by atoms with Crippen molar-refractivity contribution in [1.29, 1.82) is 0 Å². The molecule has 7 heteroatoms. The highest BCUT2D eigenvalue weighted by molar-refractivity contribution is 7.89. The van der Waals surface area contributed by atoms with E-state index in [0.717, 1.165) is 19.5 Å². The van der Waals surface area contributed by atoms with E-state index < -0.39 is 10.0 Å². The molecule has 3 aromatic rings. The third-order valence-electron chi connectivity index (χ3n) is 6.24. The summed E-state index contributed by atoms with van der Waals surface area (Å²) in [4.78, 5) is 7.01. The number of sulfonamides is 1. The summed E-state index contributed by atoms with van der Waals surface area (Å²) in [5, 5.41) is 0.591. The van der Waals surface area contributed by atoms with Gasteiger partial charge in [0, 0.05) is 43.3 Å². The van der Waals surface area contributed by atoms with Gasteiger partial charge in [-0.15, -0.1) is 0 Å². The molecule has 0 saturated carbocycles. The van der Waals surface area contributed by atoms with Gasteiger partial charge in [0.15, 0.2) is 0 Å². The first-order valence-corrected chi connectivity index (χ1v) is 12.1. The number of fused-ring (bicyclic) bond motifs is 1. The molecule has 0 bridgehead atoms. The minimum absolute atomic E-state index is 0.0602. The predicted octanol–water partition coefficient (Wildman–Crippen LogP) is 4.09. The standard InChI is InChI=1S/C24H29N3O3S/c1-4-27(20-14-16-26(17-20)18(2)19-9-6-5-7-10-19)31(28,29)23-13-12-22(30-3)24-21(23)11-8-15-25-24/h5-13,15,18,20H,4,14,16-17H2,1-3H3/t18-,20-/m1/s1. The van der Waals surface area contributed by atoms with Crippen LogP contribution in [0.1, 0.15) is 31.9 Å². The lowest BCUT2D eigenvalue weighted by Crippen LogP contribution is -2.42. The number of pyridine rings is 1. The van der Waals surface area contributed by atoms with Gasteiger partial charge in [0.05, 0.1) is 12.0 Å². The van der Waals surface area contributed by atoms with Crippen molar-refractivity contribution in [3.8, 4) is 5.75 Å². The molecule has 6 nitrogen and oxygen atoms in total. The van der Waals surface area contributed by atoms with Crippen LogP contribution in [0.2, 0.25) is 0 Å². The maximum atomic E-state index is 13.7. The summed E-state index contributed by atoms with van der Waals surface area (Å²) in [6.45, 7) is 6.11. The van der Waals surface area contributed by atoms with E-state index in [2.05, 4.69) is 28.9 Å². The van der Waals surface area contributed by atoms with Gasteiger partial charge in [-0.1, -0.05) is 37.3 Å². The zero-order chi connectivity index (χ0) is 22.0. The van der Waals surface area contributed by atoms with E-state index in [9.17, 15) is 8.42 Å². The van der Waals surface area contributed by atoms with E-state index in [1.807, 2.05) is 25.1 Å². The minimum Gasteiger partial charge on any atom is -0.494 e. The third kappa shape index (κ3) is 4.05. The summed E-state index contributed by atoms with van der Waals surface area (Å²) in [5.41, 5.74) is 1.81. The van der Waals surface area contributed by atoms with Crippen molar-refractivity contribution in [2.75, 3.05) is 26.7 Å². The molecule has 2 aromatic carbocycles. The Morgan fingerprint density at radius 2 is 1.94 bits per heavy atom. The summed E-state index contributed by atoms with van der Waals surface area (Å²) < 4.78 is 34.5. The van der Waals surface area contributed by atoms with Crippen molar-refractivity contribution < 1.29 is 13.2 Å². The van der Waals surface area contributed by atoms with Crippen molar-refractivity contribution in [2.45, 2.75) is 37.2 Å². The van der Waals surface area contributed by atoms with Crippen LogP contribution < -0.4 is 4.74 Å². The van der Waals surface area contributed by atoms with Crippen molar-refractivity contribution in [1.82, 2.24) is 14.2 Å². The van der Waals surface area contributed by atoms with Gasteiger partial charge in [0.25, 0.3) is 0 Å². The quantitative estimate of drug-likeness (QED) is 0.555. The van der Waals surface area contributed by atoms with E-state index in [1.165, 1.54) is 5.56 Å². The highest BCUT2D eigenvalue weighted by Gasteiger charge is 2.37. The highest BCUT2D eigenvalue weighted by Crippen LogP contribution is 2.34. The van der Waals surface area contributed by atoms with Crippen LogP contribution in [0, 0.1) is 0 Å². The van der Waals surface area contributed by atoms with Crippen LogP contribution in [-0.2, 0) is 10.0 Å². The maximum absolute atomic E-state index is 13.7. The Bertz CT molecular complexity index is 1150. The molecule has 164 valence electrons. The van der Waals surface area contributed by atoms with Crippen LogP contribution in [0.3, 0.4) is 0 Å². The van der Waals surface area contributed by atoms with Crippen molar-refractivity contribution in [3.05, 3.63) is 66.4 Å². The molecule has 2 heterocycles. The lowest BCUT2D eigenvalue weighted by atomic mass is 10.1. The largest absolute Gasteiger partial charge is 0.494 e. The molecular formula is C24H29N3O3S. The number of hydrogen-bond acceptors (Lipinski definition) is 5. The normalized spacial score (nSPS) is 18.5. The fourth-order valence-electron chi connectivity index (χ4n) is 4.56. The average Bonchev–Trinajstić information content (AvgIpc) is 3.28. The summed E-state index contributed by atoms with van der Waals surface area (Å²) in [6, 6.07) is 17.4. The molecule has 0 radical (unpaired) electrons. The molecule has 31 heavy (non-hydrogen) atoms. The highest BCUT2D eigenvalue weighted by atomic mass is 32.2. The topological polar surface area (TPSA) is 62.7 Å². The van der Waals surface area contributed by atoms with Crippen LogP contribution in [0.25, 0.3) is 10.9 Å². The van der Waals surface area contributed by atoms with Crippen LogP contribution in [0.5, 0.6) is 5.75 Å². The molecule has 1 fully saturated rings. The lowest BCUT2D eigenvalue weighted by molar-refractivity contribution is 0.239. The van der Waals surface area contributed by atoms with Crippen molar-refractivity contribution >= 4 is 20.9 Å². The Balaban J connectivity index is 1.63. The number of methoxy groups -OCH3 is 1. The molecule has 0 spiro atoms. The number of benzene rings is 2. The smallest absolute Gasteiger partial charge is 0.244 e. The molecule has 0 unspecified atom stereocenters. The minimum atomic E-state index is -3.69. The maximum Gasteiger partial charge on any atom is 0.244 e. The van der Waals surface area contributed by atoms with Crippen LogP contribution in [0.4, 0.5) is 0 Å². The number of hydrogen-bond donors (Lipinski definition) is 0. The number of aromatic nitrogens is 1. The first-order valence-electron chi connectivity index (χ1n) is 10.7. The first-order chi connectivity index (χ1) is 15.0. The van der Waals surface area contributed by atoms with Gasteiger partial charge in [0.2, 0.25) is 10.0 Å². The monoisotopic (exact) mass is 439 g/mol. The van der Waals surface area contributed by atoms with E-state index in [0.29, 0.717) is 23.2 Å². The summed E-state index contributed by atoms with van der Waals surface area (Å²) >= 11 is 0. The third-order valence-corrected chi connectivity index (χ3v) is 8.33. The van der Waals surface area contributed by atoms with E-state index in [4.69, 9.17) is 4.74 Å². The van der Waals surface area contributed by atoms with Gasteiger partial charge in [0.1, 0.15) is 11.3 Å². The summed E-state index contributed by atoms with van der Waals surface area (Å²) in [5.74, 6) is 0.571. The Hall–Kier alpha value is -2.48. The summed E-state index contributed by atoms with van der Waals surface area (Å²) in [7, 11) is -2.12. The van der Waals surface area contributed by atoms with Crippen LogP contribution >= 0.6 is 0 Å². The number of ether oxygens (including phenoxy) is 1. The number of nitrogens with zero attached hydrogens (tertiary/aromatic N) is 3. The zero-order valence-electron chi connectivity index (χ0n) is 18.2. The Morgan fingerprint density at radius 1 is 1.16 bits per heavy atom. The van der Waals surface area contributed by atoms with Gasteiger partial charge >= 0.3 is 0 Å². The molecule has 1 aliphatic rings. The molecular weight excluding hydrogens is 410 g/mol. The van der Waals surface area contributed by atoms with Gasteiger partial charge in [-0.3, -0.25) is 9.88 Å². The second kappa shape index (κ2) is 8.94. The Labute approximate surface area is 184 Å². The van der Waals surface area contributed by atoms with E-state index >= 15 is 0 Å². The number of likely N-dealkylation sites (tertiary alicyclic amines) is 1. The SMILES string of the molecule is CCN([C@@H]1CCN([C@H](C)c2ccccc2)C1)S(=O)(=O)c1ccc(OC)c2ncccc12.